The zero-order valence-corrected chi connectivity index (χ0v) is 13.5. The summed E-state index contributed by atoms with van der Waals surface area (Å²) in [5.41, 5.74) is 9.28. The number of para-hydroxylation sites is 1. The van der Waals surface area contributed by atoms with E-state index < -0.39 is 0 Å². The molecule has 3 N–H and O–H groups in total. The number of nitrogens with one attached hydrogen (secondary N) is 1. The molecule has 0 unspecified atom stereocenters. The number of thiocarbonyl (C=S) groups is 1. The number of halogens is 1. The molecular formula is C14H21ClN4S. The lowest BCUT2D eigenvalue weighted by atomic mass is 10.1. The summed E-state index contributed by atoms with van der Waals surface area (Å²) in [5.74, 6) is 0.515. The Balaban J connectivity index is 0.00000200. The van der Waals surface area contributed by atoms with E-state index in [1.54, 1.807) is 0 Å². The Morgan fingerprint density at radius 2 is 1.80 bits per heavy atom. The summed E-state index contributed by atoms with van der Waals surface area (Å²) in [7, 11) is 0. The number of hydrogen-bond acceptors (Lipinski definition) is 1. The highest BCUT2D eigenvalue weighted by Crippen LogP contribution is 2.19. The van der Waals surface area contributed by atoms with Gasteiger partial charge in [-0.2, -0.15) is 4.99 Å². The normalized spacial score (nSPS) is 14.9. The van der Waals surface area contributed by atoms with Gasteiger partial charge < -0.3 is 16.0 Å². The van der Waals surface area contributed by atoms with Crippen LogP contribution in [0.4, 0.5) is 5.69 Å². The molecule has 1 fully saturated rings. The number of anilines is 1. The van der Waals surface area contributed by atoms with Crippen LogP contribution in [0.1, 0.15) is 24.0 Å². The minimum atomic E-state index is 0. The molecule has 0 atom stereocenters. The van der Waals surface area contributed by atoms with Crippen LogP contribution >= 0.6 is 24.6 Å². The van der Waals surface area contributed by atoms with Gasteiger partial charge in [0, 0.05) is 18.8 Å². The molecule has 4 nitrogen and oxygen atoms in total. The van der Waals surface area contributed by atoms with Crippen LogP contribution in [0.2, 0.25) is 0 Å². The van der Waals surface area contributed by atoms with Crippen LogP contribution in [0.5, 0.6) is 0 Å². The van der Waals surface area contributed by atoms with Crippen molar-refractivity contribution < 1.29 is 0 Å². The van der Waals surface area contributed by atoms with E-state index >= 15 is 0 Å². The van der Waals surface area contributed by atoms with Crippen molar-refractivity contribution in [1.82, 2.24) is 4.90 Å². The number of hydrogen-bond donors (Lipinski definition) is 2. The largest absolute Gasteiger partial charge is 0.369 e. The smallest absolute Gasteiger partial charge is 0.200 e. The molecule has 0 aromatic heterocycles. The molecule has 0 radical (unpaired) electrons. The fourth-order valence-electron chi connectivity index (χ4n) is 2.27. The van der Waals surface area contributed by atoms with E-state index in [4.69, 9.17) is 18.0 Å². The quantitative estimate of drug-likeness (QED) is 0.476. The summed E-state index contributed by atoms with van der Waals surface area (Å²) in [4.78, 5) is 6.35. The molecule has 20 heavy (non-hydrogen) atoms. The van der Waals surface area contributed by atoms with Crippen LogP contribution in [-0.4, -0.2) is 29.1 Å². The molecule has 1 aliphatic rings. The summed E-state index contributed by atoms with van der Waals surface area (Å²) in [6, 6.07) is 6.12. The van der Waals surface area contributed by atoms with E-state index in [9.17, 15) is 0 Å². The zero-order valence-electron chi connectivity index (χ0n) is 11.8. The second-order valence-corrected chi connectivity index (χ2v) is 5.25. The number of guanidine groups is 1. The molecule has 0 saturated carbocycles. The predicted octanol–water partition coefficient (Wildman–Crippen LogP) is 2.83. The molecule has 1 aromatic rings. The second kappa shape index (κ2) is 7.45. The number of benzene rings is 1. The molecule has 2 rings (SSSR count). The van der Waals surface area contributed by atoms with Crippen molar-refractivity contribution in [2.75, 3.05) is 18.4 Å². The standard InChI is InChI=1S/C14H20N4S.ClH/c1-10-6-5-7-11(2)12(10)16-14(19)17-13(15)18-8-3-4-9-18;/h5-7H,3-4,8-9H2,1-2H3,(H3,15,16,17,19);1H. The lowest BCUT2D eigenvalue weighted by Gasteiger charge is -2.17. The molecule has 6 heteroatoms. The van der Waals surface area contributed by atoms with Gasteiger partial charge in [-0.15, -0.1) is 12.4 Å². The van der Waals surface area contributed by atoms with Gasteiger partial charge in [-0.1, -0.05) is 18.2 Å². The highest BCUT2D eigenvalue weighted by molar-refractivity contribution is 7.80. The van der Waals surface area contributed by atoms with Crippen LogP contribution in [0, 0.1) is 13.8 Å². The molecule has 110 valence electrons. The maximum Gasteiger partial charge on any atom is 0.200 e. The Labute approximate surface area is 131 Å². The molecular weight excluding hydrogens is 292 g/mol. The van der Waals surface area contributed by atoms with Gasteiger partial charge in [0.25, 0.3) is 0 Å². The third-order valence-corrected chi connectivity index (χ3v) is 3.55. The van der Waals surface area contributed by atoms with Crippen LogP contribution in [0.15, 0.2) is 23.2 Å². The minimum absolute atomic E-state index is 0. The van der Waals surface area contributed by atoms with Crippen molar-refractivity contribution in [1.29, 1.82) is 0 Å². The average molecular weight is 313 g/mol. The topological polar surface area (TPSA) is 53.6 Å². The fraction of sp³-hybridized carbons (Fsp3) is 0.429. The third kappa shape index (κ3) is 4.08. The summed E-state index contributed by atoms with van der Waals surface area (Å²) in [6.07, 6.45) is 2.35. The van der Waals surface area contributed by atoms with E-state index in [1.807, 2.05) is 32.0 Å². The first-order chi connectivity index (χ1) is 9.08. The van der Waals surface area contributed by atoms with E-state index in [1.165, 1.54) is 12.8 Å². The van der Waals surface area contributed by atoms with Gasteiger partial charge in [0.2, 0.25) is 5.11 Å². The van der Waals surface area contributed by atoms with Gasteiger partial charge >= 0.3 is 0 Å². The molecule has 1 aliphatic heterocycles. The van der Waals surface area contributed by atoms with Gasteiger partial charge in [0.15, 0.2) is 5.96 Å². The maximum atomic E-state index is 5.96. The van der Waals surface area contributed by atoms with E-state index in [0.29, 0.717) is 11.1 Å². The number of nitrogens with zero attached hydrogens (tertiary/aromatic N) is 2. The van der Waals surface area contributed by atoms with E-state index in [0.717, 1.165) is 29.9 Å². The minimum Gasteiger partial charge on any atom is -0.369 e. The van der Waals surface area contributed by atoms with Gasteiger partial charge in [-0.3, -0.25) is 0 Å². The average Bonchev–Trinajstić information content (AvgIpc) is 2.88. The molecule has 1 aromatic carbocycles. The Morgan fingerprint density at radius 1 is 1.25 bits per heavy atom. The maximum absolute atomic E-state index is 5.96. The van der Waals surface area contributed by atoms with Crippen LogP contribution in [-0.2, 0) is 0 Å². The Bertz CT molecular complexity index is 490. The SMILES string of the molecule is Cc1cccc(C)c1NC(=S)N=C(N)N1CCCC1.Cl. The predicted molar refractivity (Wildman–Crippen MR) is 91.8 cm³/mol. The van der Waals surface area contributed by atoms with E-state index in [2.05, 4.69) is 15.2 Å². The second-order valence-electron chi connectivity index (χ2n) is 4.86. The number of nitrogens with two attached hydrogens (primary N) is 1. The Kier molecular flexibility index (Phi) is 6.23. The third-order valence-electron chi connectivity index (χ3n) is 3.36. The number of rotatable bonds is 1. The molecule has 0 aliphatic carbocycles. The molecule has 0 amide bonds. The van der Waals surface area contributed by atoms with E-state index in [-0.39, 0.29) is 12.4 Å². The summed E-state index contributed by atoms with van der Waals surface area (Å²) in [6.45, 7) is 6.04. The van der Waals surface area contributed by atoms with Crippen molar-refractivity contribution in [2.45, 2.75) is 26.7 Å². The van der Waals surface area contributed by atoms with Gasteiger partial charge in [-0.05, 0) is 50.0 Å². The first-order valence-corrected chi connectivity index (χ1v) is 6.95. The van der Waals surface area contributed by atoms with Crippen molar-refractivity contribution in [3.8, 4) is 0 Å². The number of aliphatic imine (C=N–C) groups is 1. The van der Waals surface area contributed by atoms with Crippen molar-refractivity contribution in [2.24, 2.45) is 10.7 Å². The lowest BCUT2D eigenvalue weighted by Crippen LogP contribution is -2.36. The highest BCUT2D eigenvalue weighted by atomic mass is 35.5. The number of likely N-dealkylation sites (tertiary alicyclic amines) is 1. The summed E-state index contributed by atoms with van der Waals surface area (Å²) < 4.78 is 0. The Hall–Kier alpha value is -1.33. The van der Waals surface area contributed by atoms with Crippen molar-refractivity contribution >= 4 is 41.4 Å². The van der Waals surface area contributed by atoms with Crippen LogP contribution < -0.4 is 11.1 Å². The summed E-state index contributed by atoms with van der Waals surface area (Å²) in [5, 5.41) is 3.59. The van der Waals surface area contributed by atoms with Crippen LogP contribution in [0.3, 0.4) is 0 Å². The zero-order chi connectivity index (χ0) is 13.8. The monoisotopic (exact) mass is 312 g/mol. The molecule has 0 bridgehead atoms. The highest BCUT2D eigenvalue weighted by Gasteiger charge is 2.14. The molecule has 1 heterocycles. The van der Waals surface area contributed by atoms with Crippen molar-refractivity contribution in [3.05, 3.63) is 29.3 Å². The first kappa shape index (κ1) is 16.7. The first-order valence-electron chi connectivity index (χ1n) is 6.54. The number of aryl methyl sites for hydroxylation is 2. The molecule has 1 saturated heterocycles. The van der Waals surface area contributed by atoms with Gasteiger partial charge in [0.05, 0.1) is 0 Å². The van der Waals surface area contributed by atoms with Crippen LogP contribution in [0.25, 0.3) is 0 Å². The lowest BCUT2D eigenvalue weighted by molar-refractivity contribution is 0.514. The van der Waals surface area contributed by atoms with Gasteiger partial charge in [-0.25, -0.2) is 0 Å². The summed E-state index contributed by atoms with van der Waals surface area (Å²) >= 11 is 5.26. The Morgan fingerprint density at radius 3 is 2.35 bits per heavy atom. The fourth-order valence-corrected chi connectivity index (χ4v) is 2.46. The van der Waals surface area contributed by atoms with Crippen molar-refractivity contribution in [3.63, 3.8) is 0 Å². The van der Waals surface area contributed by atoms with Gasteiger partial charge in [0.1, 0.15) is 0 Å². The molecule has 0 spiro atoms.